The van der Waals surface area contributed by atoms with Gasteiger partial charge in [-0.1, -0.05) is 13.8 Å². The molecule has 6 heteroatoms. The normalized spacial score (nSPS) is 11.7. The van der Waals surface area contributed by atoms with E-state index < -0.39 is 17.9 Å². The number of carboxylic acid groups (broad SMARTS) is 1. The van der Waals surface area contributed by atoms with Crippen molar-refractivity contribution in [2.24, 2.45) is 5.92 Å². The number of imide groups is 1. The van der Waals surface area contributed by atoms with E-state index in [2.05, 4.69) is 5.32 Å². The first-order chi connectivity index (χ1) is 7.86. The van der Waals surface area contributed by atoms with Gasteiger partial charge in [0, 0.05) is 26.4 Å². The van der Waals surface area contributed by atoms with E-state index in [0.717, 1.165) is 6.42 Å². The fourth-order valence-corrected chi connectivity index (χ4v) is 1.39. The monoisotopic (exact) mass is 244 g/mol. The number of urea groups is 1. The van der Waals surface area contributed by atoms with Gasteiger partial charge in [-0.15, -0.1) is 0 Å². The summed E-state index contributed by atoms with van der Waals surface area (Å²) in [5.74, 6) is -1.66. The average molecular weight is 244 g/mol. The molecule has 0 aliphatic rings. The summed E-state index contributed by atoms with van der Waals surface area (Å²) in [6.45, 7) is 4.16. The molecule has 0 saturated heterocycles. The molecule has 0 bridgehead atoms. The largest absolute Gasteiger partial charge is 0.481 e. The van der Waals surface area contributed by atoms with Gasteiger partial charge in [0.15, 0.2) is 0 Å². The minimum Gasteiger partial charge on any atom is -0.481 e. The Kier molecular flexibility index (Phi) is 6.93. The topological polar surface area (TPSA) is 86.7 Å². The highest BCUT2D eigenvalue weighted by Crippen LogP contribution is 2.06. The second-order valence-electron chi connectivity index (χ2n) is 4.18. The molecule has 3 amide bonds. The highest BCUT2D eigenvalue weighted by molar-refractivity contribution is 5.94. The maximum Gasteiger partial charge on any atom is 0.323 e. The van der Waals surface area contributed by atoms with Crippen LogP contribution in [0.1, 0.15) is 33.1 Å². The van der Waals surface area contributed by atoms with Crippen LogP contribution in [0, 0.1) is 5.92 Å². The molecule has 98 valence electrons. The molecule has 0 rings (SSSR count). The van der Waals surface area contributed by atoms with Gasteiger partial charge >= 0.3 is 12.0 Å². The smallest absolute Gasteiger partial charge is 0.323 e. The van der Waals surface area contributed by atoms with Crippen molar-refractivity contribution in [1.29, 1.82) is 0 Å². The number of rotatable bonds is 6. The molecule has 2 N–H and O–H groups in total. The van der Waals surface area contributed by atoms with Crippen LogP contribution in [0.3, 0.4) is 0 Å². The molecule has 6 nitrogen and oxygen atoms in total. The Morgan fingerprint density at radius 1 is 1.29 bits per heavy atom. The highest BCUT2D eigenvalue weighted by Gasteiger charge is 2.16. The van der Waals surface area contributed by atoms with Crippen LogP contribution >= 0.6 is 0 Å². The molecule has 1 atom stereocenters. The Labute approximate surface area is 101 Å². The average Bonchev–Trinajstić information content (AvgIpc) is 2.15. The number of hydrogen-bond acceptors (Lipinski definition) is 3. The summed E-state index contributed by atoms with van der Waals surface area (Å²) >= 11 is 0. The van der Waals surface area contributed by atoms with Gasteiger partial charge in [-0.3, -0.25) is 14.9 Å². The van der Waals surface area contributed by atoms with Crippen LogP contribution in [0.4, 0.5) is 4.79 Å². The van der Waals surface area contributed by atoms with Gasteiger partial charge < -0.3 is 10.0 Å². The molecule has 0 aliphatic carbocycles. The molecule has 0 fully saturated rings. The van der Waals surface area contributed by atoms with Crippen molar-refractivity contribution in [3.8, 4) is 0 Å². The van der Waals surface area contributed by atoms with Gasteiger partial charge in [0.2, 0.25) is 5.91 Å². The summed E-state index contributed by atoms with van der Waals surface area (Å²) in [5, 5.41) is 10.8. The van der Waals surface area contributed by atoms with E-state index in [1.54, 1.807) is 14.0 Å². The lowest BCUT2D eigenvalue weighted by atomic mass is 10.0. The molecule has 1 unspecified atom stereocenters. The molecule has 0 aliphatic heterocycles. The summed E-state index contributed by atoms with van der Waals surface area (Å²) in [5.41, 5.74) is 0. The first-order valence-electron chi connectivity index (χ1n) is 5.63. The molecular formula is C11H20N2O4. The Morgan fingerprint density at radius 2 is 1.88 bits per heavy atom. The Hall–Kier alpha value is -1.59. The van der Waals surface area contributed by atoms with Crippen molar-refractivity contribution in [2.75, 3.05) is 13.6 Å². The third-order valence-electron chi connectivity index (χ3n) is 2.21. The maximum absolute atomic E-state index is 11.4. The first kappa shape index (κ1) is 15.4. The predicted octanol–water partition coefficient (Wildman–Crippen LogP) is 1.07. The van der Waals surface area contributed by atoms with Crippen LogP contribution in [0.15, 0.2) is 0 Å². The van der Waals surface area contributed by atoms with Crippen molar-refractivity contribution in [3.63, 3.8) is 0 Å². The number of carbonyl (C=O) groups is 3. The number of aliphatic carboxylic acids is 1. The molecule has 0 radical (unpaired) electrons. The zero-order valence-electron chi connectivity index (χ0n) is 10.5. The van der Waals surface area contributed by atoms with Gasteiger partial charge in [-0.05, 0) is 12.3 Å². The van der Waals surface area contributed by atoms with E-state index in [9.17, 15) is 14.4 Å². The zero-order chi connectivity index (χ0) is 13.4. The maximum atomic E-state index is 11.4. The van der Waals surface area contributed by atoms with Crippen molar-refractivity contribution in [1.82, 2.24) is 10.2 Å². The minimum atomic E-state index is -0.945. The molecule has 0 heterocycles. The fourth-order valence-electron chi connectivity index (χ4n) is 1.39. The second-order valence-corrected chi connectivity index (χ2v) is 4.18. The van der Waals surface area contributed by atoms with Crippen molar-refractivity contribution in [3.05, 3.63) is 0 Å². The third-order valence-corrected chi connectivity index (χ3v) is 2.21. The number of nitrogens with zero attached hydrogens (tertiary/aromatic N) is 1. The molecule has 0 saturated carbocycles. The number of nitrogens with one attached hydrogen (secondary N) is 1. The predicted molar refractivity (Wildman–Crippen MR) is 62.5 cm³/mol. The van der Waals surface area contributed by atoms with Gasteiger partial charge in [0.25, 0.3) is 0 Å². The molecule has 0 aromatic heterocycles. The standard InChI is InChI=1S/C11H20N2O4/c1-4-5-13(3)11(17)12-9(14)6-8(2)7-10(15)16/h8H,4-7H2,1-3H3,(H,15,16)(H,12,14,17). The molecule has 17 heavy (non-hydrogen) atoms. The summed E-state index contributed by atoms with van der Waals surface area (Å²) in [7, 11) is 1.60. The quantitative estimate of drug-likeness (QED) is 0.731. The van der Waals surface area contributed by atoms with Gasteiger partial charge in [0.1, 0.15) is 0 Å². The van der Waals surface area contributed by atoms with Crippen LogP contribution in [0.25, 0.3) is 0 Å². The lowest BCUT2D eigenvalue weighted by Crippen LogP contribution is -2.41. The first-order valence-corrected chi connectivity index (χ1v) is 5.63. The van der Waals surface area contributed by atoms with E-state index in [-0.39, 0.29) is 18.8 Å². The molecule has 0 spiro atoms. The van der Waals surface area contributed by atoms with Gasteiger partial charge in [-0.2, -0.15) is 0 Å². The minimum absolute atomic E-state index is 0.0397. The molecule has 0 aromatic carbocycles. The number of carbonyl (C=O) groups excluding carboxylic acids is 2. The number of carboxylic acids is 1. The summed E-state index contributed by atoms with van der Waals surface area (Å²) in [6, 6.07) is -0.445. The second kappa shape index (κ2) is 7.65. The van der Waals surface area contributed by atoms with Crippen LogP contribution in [0.2, 0.25) is 0 Å². The van der Waals surface area contributed by atoms with E-state index in [1.165, 1.54) is 4.90 Å². The van der Waals surface area contributed by atoms with Crippen molar-refractivity contribution in [2.45, 2.75) is 33.1 Å². The molecular weight excluding hydrogens is 224 g/mol. The third kappa shape index (κ3) is 7.32. The number of hydrogen-bond donors (Lipinski definition) is 2. The van der Waals surface area contributed by atoms with Crippen LogP contribution < -0.4 is 5.32 Å². The van der Waals surface area contributed by atoms with E-state index >= 15 is 0 Å². The van der Waals surface area contributed by atoms with E-state index in [0.29, 0.717) is 6.54 Å². The van der Waals surface area contributed by atoms with Crippen LogP contribution in [-0.2, 0) is 9.59 Å². The van der Waals surface area contributed by atoms with Gasteiger partial charge in [0.05, 0.1) is 0 Å². The Morgan fingerprint density at radius 3 is 2.35 bits per heavy atom. The lowest BCUT2D eigenvalue weighted by Gasteiger charge is -2.16. The Balaban J connectivity index is 4.01. The van der Waals surface area contributed by atoms with E-state index in [4.69, 9.17) is 5.11 Å². The van der Waals surface area contributed by atoms with Crippen molar-refractivity contribution < 1.29 is 19.5 Å². The molecule has 0 aromatic rings. The lowest BCUT2D eigenvalue weighted by molar-refractivity contribution is -0.138. The van der Waals surface area contributed by atoms with Gasteiger partial charge in [-0.25, -0.2) is 4.79 Å². The summed E-state index contributed by atoms with van der Waals surface area (Å²) in [6.07, 6.45) is 0.776. The SMILES string of the molecule is CCCN(C)C(=O)NC(=O)CC(C)CC(=O)O. The summed E-state index contributed by atoms with van der Waals surface area (Å²) < 4.78 is 0. The Bertz CT molecular complexity index is 291. The fraction of sp³-hybridized carbons (Fsp3) is 0.727. The van der Waals surface area contributed by atoms with Crippen LogP contribution in [0.5, 0.6) is 0 Å². The summed E-state index contributed by atoms with van der Waals surface area (Å²) in [4.78, 5) is 34.6. The van der Waals surface area contributed by atoms with E-state index in [1.807, 2.05) is 6.92 Å². The zero-order valence-corrected chi connectivity index (χ0v) is 10.5. The number of amides is 3. The van der Waals surface area contributed by atoms with Crippen LogP contribution in [-0.4, -0.2) is 41.5 Å². The van der Waals surface area contributed by atoms with Crippen molar-refractivity contribution >= 4 is 17.9 Å². The highest BCUT2D eigenvalue weighted by atomic mass is 16.4.